The predicted molar refractivity (Wildman–Crippen MR) is 117 cm³/mol. The first-order valence-electron chi connectivity index (χ1n) is 10.1. The fourth-order valence-electron chi connectivity index (χ4n) is 3.45. The molecule has 158 valence electrons. The number of rotatable bonds is 6. The molecule has 1 saturated heterocycles. The monoisotopic (exact) mass is 434 g/mol. The van der Waals surface area contributed by atoms with Gasteiger partial charge in [0.15, 0.2) is 0 Å². The Hall–Kier alpha value is -3.35. The van der Waals surface area contributed by atoms with Gasteiger partial charge in [0.05, 0.1) is 34.8 Å². The van der Waals surface area contributed by atoms with Gasteiger partial charge in [-0.15, -0.1) is 0 Å². The number of aromatic nitrogens is 3. The van der Waals surface area contributed by atoms with E-state index in [9.17, 15) is 4.79 Å². The molecule has 0 aliphatic carbocycles. The van der Waals surface area contributed by atoms with Gasteiger partial charge in [-0.05, 0) is 56.0 Å². The fraction of sp³-hybridized carbons (Fsp3) is 0.318. The number of hydrogen-bond acceptors (Lipinski definition) is 8. The summed E-state index contributed by atoms with van der Waals surface area (Å²) < 4.78 is 10.2. The Balaban J connectivity index is 1.43. The molecule has 1 unspecified atom stereocenters. The molecule has 0 spiro atoms. The first-order valence-corrected chi connectivity index (χ1v) is 10.8. The summed E-state index contributed by atoms with van der Waals surface area (Å²) in [6.07, 6.45) is 5.84. The Bertz CT molecular complexity index is 1100. The number of nitrogens with zero attached hydrogens (tertiary/aromatic N) is 4. The van der Waals surface area contributed by atoms with E-state index in [0.717, 1.165) is 36.5 Å². The average molecular weight is 435 g/mol. The highest BCUT2D eigenvalue weighted by atomic mass is 32.1. The van der Waals surface area contributed by atoms with Gasteiger partial charge in [-0.2, -0.15) is 9.64 Å². The van der Waals surface area contributed by atoms with Crippen molar-refractivity contribution in [3.05, 3.63) is 64.1 Å². The smallest absolute Gasteiger partial charge is 0.258 e. The van der Waals surface area contributed by atoms with E-state index in [0.29, 0.717) is 34.8 Å². The van der Waals surface area contributed by atoms with Crippen LogP contribution in [0.3, 0.4) is 0 Å². The van der Waals surface area contributed by atoms with Gasteiger partial charge in [-0.3, -0.25) is 9.78 Å². The summed E-state index contributed by atoms with van der Waals surface area (Å²) in [5, 5.41) is 15.3. The SMILES string of the molecule is Cc1nsc(Cc2cc(C#N)ccn2)c1C(=O)Nc1ccc(OC2CCCNC2)nc1. The maximum atomic E-state index is 12.9. The summed E-state index contributed by atoms with van der Waals surface area (Å²) in [6, 6.07) is 9.03. The van der Waals surface area contributed by atoms with E-state index >= 15 is 0 Å². The zero-order valence-corrected chi connectivity index (χ0v) is 17.9. The van der Waals surface area contributed by atoms with Gasteiger partial charge in [0.1, 0.15) is 6.10 Å². The fourth-order valence-corrected chi connectivity index (χ4v) is 4.33. The van der Waals surface area contributed by atoms with Gasteiger partial charge in [0.2, 0.25) is 5.88 Å². The van der Waals surface area contributed by atoms with Gasteiger partial charge in [0.25, 0.3) is 5.91 Å². The molecule has 0 bridgehead atoms. The van der Waals surface area contributed by atoms with Crippen molar-refractivity contribution in [1.29, 1.82) is 5.26 Å². The van der Waals surface area contributed by atoms with Crippen LogP contribution >= 0.6 is 11.5 Å². The predicted octanol–water partition coefficient (Wildman–Crippen LogP) is 3.09. The third-order valence-corrected chi connectivity index (χ3v) is 5.92. The zero-order chi connectivity index (χ0) is 21.6. The number of nitriles is 1. The van der Waals surface area contributed by atoms with Crippen molar-refractivity contribution in [2.24, 2.45) is 0 Å². The molecule has 1 aliphatic rings. The van der Waals surface area contributed by atoms with Crippen molar-refractivity contribution >= 4 is 23.1 Å². The minimum absolute atomic E-state index is 0.122. The molecule has 0 saturated carbocycles. The molecule has 0 aromatic carbocycles. The first-order chi connectivity index (χ1) is 15.1. The van der Waals surface area contributed by atoms with Crippen molar-refractivity contribution < 1.29 is 9.53 Å². The third kappa shape index (κ3) is 5.23. The topological polar surface area (TPSA) is 113 Å². The highest BCUT2D eigenvalue weighted by Gasteiger charge is 2.20. The van der Waals surface area contributed by atoms with Crippen LogP contribution in [0, 0.1) is 18.3 Å². The van der Waals surface area contributed by atoms with E-state index in [1.54, 1.807) is 43.6 Å². The molecule has 0 radical (unpaired) electrons. The number of hydrogen-bond donors (Lipinski definition) is 2. The molecule has 1 atom stereocenters. The lowest BCUT2D eigenvalue weighted by Crippen LogP contribution is -2.37. The second-order valence-electron chi connectivity index (χ2n) is 7.32. The van der Waals surface area contributed by atoms with Crippen LogP contribution < -0.4 is 15.4 Å². The van der Waals surface area contributed by atoms with Crippen LogP contribution in [0.1, 0.15) is 45.0 Å². The maximum Gasteiger partial charge on any atom is 0.258 e. The highest BCUT2D eigenvalue weighted by molar-refractivity contribution is 7.06. The molecule has 1 amide bonds. The number of nitrogens with one attached hydrogen (secondary N) is 2. The summed E-state index contributed by atoms with van der Waals surface area (Å²) in [4.78, 5) is 22.4. The van der Waals surface area contributed by atoms with Crippen molar-refractivity contribution in [3.8, 4) is 11.9 Å². The number of carbonyl (C=O) groups is 1. The summed E-state index contributed by atoms with van der Waals surface area (Å²) in [7, 11) is 0. The number of anilines is 1. The zero-order valence-electron chi connectivity index (χ0n) is 17.1. The second kappa shape index (κ2) is 9.64. The molecule has 2 N–H and O–H groups in total. The van der Waals surface area contributed by atoms with Crippen LogP contribution in [0.25, 0.3) is 0 Å². The normalized spacial score (nSPS) is 15.8. The third-order valence-electron chi connectivity index (χ3n) is 4.98. The summed E-state index contributed by atoms with van der Waals surface area (Å²) in [6.45, 7) is 3.65. The van der Waals surface area contributed by atoms with E-state index in [-0.39, 0.29) is 12.0 Å². The maximum absolute atomic E-state index is 12.9. The minimum Gasteiger partial charge on any atom is -0.473 e. The Morgan fingerprint density at radius 3 is 3.03 bits per heavy atom. The van der Waals surface area contributed by atoms with Crippen molar-refractivity contribution in [2.45, 2.75) is 32.3 Å². The van der Waals surface area contributed by atoms with Crippen molar-refractivity contribution in [1.82, 2.24) is 19.7 Å². The molecule has 1 aliphatic heterocycles. The number of piperidine rings is 1. The molecule has 31 heavy (non-hydrogen) atoms. The van der Waals surface area contributed by atoms with Crippen LogP contribution in [0.5, 0.6) is 5.88 Å². The van der Waals surface area contributed by atoms with Crippen LogP contribution in [-0.2, 0) is 6.42 Å². The summed E-state index contributed by atoms with van der Waals surface area (Å²) in [5.74, 6) is 0.300. The minimum atomic E-state index is -0.246. The molecule has 4 rings (SSSR count). The van der Waals surface area contributed by atoms with Crippen molar-refractivity contribution in [3.63, 3.8) is 0 Å². The Labute approximate surface area is 184 Å². The molecule has 4 heterocycles. The number of carbonyl (C=O) groups excluding carboxylic acids is 1. The standard InChI is InChI=1S/C22H22N6O2S/c1-14-21(19(31-28-14)10-17-9-15(11-23)6-8-25-17)22(29)27-16-4-5-20(26-12-16)30-18-3-2-7-24-13-18/h4-6,8-9,12,18,24H,2-3,7,10,13H2,1H3,(H,27,29). The van der Waals surface area contributed by atoms with E-state index < -0.39 is 0 Å². The number of ether oxygens (including phenoxy) is 1. The number of pyridine rings is 2. The van der Waals surface area contributed by atoms with Crippen molar-refractivity contribution in [2.75, 3.05) is 18.4 Å². The van der Waals surface area contributed by atoms with Gasteiger partial charge in [-0.25, -0.2) is 4.98 Å². The molecule has 3 aromatic rings. The van der Waals surface area contributed by atoms with Crippen LogP contribution in [0.2, 0.25) is 0 Å². The molecule has 8 nitrogen and oxygen atoms in total. The van der Waals surface area contributed by atoms with Crippen LogP contribution in [0.15, 0.2) is 36.7 Å². The molecule has 1 fully saturated rings. The van der Waals surface area contributed by atoms with E-state index in [1.165, 1.54) is 11.5 Å². The summed E-state index contributed by atoms with van der Waals surface area (Å²) >= 11 is 1.27. The lowest BCUT2D eigenvalue weighted by molar-refractivity contribution is 0.102. The molecule has 9 heteroatoms. The number of amides is 1. The van der Waals surface area contributed by atoms with Crippen LogP contribution in [0.4, 0.5) is 5.69 Å². The van der Waals surface area contributed by atoms with Gasteiger partial charge in [-0.1, -0.05) is 0 Å². The highest BCUT2D eigenvalue weighted by Crippen LogP contribution is 2.23. The van der Waals surface area contributed by atoms with E-state index in [4.69, 9.17) is 10.00 Å². The Morgan fingerprint density at radius 2 is 2.29 bits per heavy atom. The number of aryl methyl sites for hydroxylation is 1. The molecular formula is C22H22N6O2S. The Kier molecular flexibility index (Phi) is 6.50. The quantitative estimate of drug-likeness (QED) is 0.613. The van der Waals surface area contributed by atoms with Crippen LogP contribution in [-0.4, -0.2) is 39.4 Å². The summed E-state index contributed by atoms with van der Waals surface area (Å²) in [5.41, 5.74) is 3.03. The van der Waals surface area contributed by atoms with Gasteiger partial charge >= 0.3 is 0 Å². The van der Waals surface area contributed by atoms with Gasteiger partial charge in [0, 0.05) is 35.8 Å². The lowest BCUT2D eigenvalue weighted by Gasteiger charge is -2.23. The van der Waals surface area contributed by atoms with E-state index in [2.05, 4.69) is 31.0 Å². The molecular weight excluding hydrogens is 412 g/mol. The average Bonchev–Trinajstić information content (AvgIpc) is 3.16. The largest absolute Gasteiger partial charge is 0.473 e. The van der Waals surface area contributed by atoms with Gasteiger partial charge < -0.3 is 15.4 Å². The Morgan fingerprint density at radius 1 is 1.39 bits per heavy atom. The van der Waals surface area contributed by atoms with E-state index in [1.807, 2.05) is 0 Å². The second-order valence-corrected chi connectivity index (χ2v) is 8.17. The lowest BCUT2D eigenvalue weighted by atomic mass is 10.1. The first kappa shape index (κ1) is 20.9. The molecule has 3 aromatic heterocycles.